The van der Waals surface area contributed by atoms with Crippen LogP contribution in [-0.2, 0) is 14.4 Å². The Labute approximate surface area is 413 Å². The summed E-state index contributed by atoms with van der Waals surface area (Å²) in [4.78, 5) is 67.3. The van der Waals surface area contributed by atoms with Crippen LogP contribution in [0.5, 0.6) is 0 Å². The topological polar surface area (TPSA) is 219 Å². The number of hydrogen-bond acceptors (Lipinski definition) is 15. The first-order valence-electron chi connectivity index (χ1n) is 24.3. The van der Waals surface area contributed by atoms with Gasteiger partial charge in [0.05, 0.1) is 46.9 Å². The van der Waals surface area contributed by atoms with Crippen molar-refractivity contribution in [3.05, 3.63) is 77.0 Å². The molecule has 69 heavy (non-hydrogen) atoms. The molecule has 4 N–H and O–H groups in total. The summed E-state index contributed by atoms with van der Waals surface area (Å²) in [5.41, 5.74) is 8.21. The van der Waals surface area contributed by atoms with E-state index in [1.54, 1.807) is 37.6 Å². The Morgan fingerprint density at radius 1 is 0.986 bits per heavy atom. The van der Waals surface area contributed by atoms with E-state index in [1.165, 1.54) is 21.3 Å². The fourth-order valence-electron chi connectivity index (χ4n) is 9.99. The van der Waals surface area contributed by atoms with Crippen LogP contribution in [-0.4, -0.2) is 152 Å². The lowest BCUT2D eigenvalue weighted by Gasteiger charge is -2.39. The number of likely N-dealkylation sites (tertiary alicyclic amines) is 1. The molecule has 368 valence electrons. The van der Waals surface area contributed by atoms with E-state index in [0.29, 0.717) is 93.7 Å². The van der Waals surface area contributed by atoms with Crippen LogP contribution in [0.1, 0.15) is 88.2 Å². The van der Waals surface area contributed by atoms with Crippen molar-refractivity contribution in [2.75, 3.05) is 81.8 Å². The Morgan fingerprint density at radius 2 is 1.71 bits per heavy atom. The number of hydrogen-bond donors (Lipinski definition) is 3. The van der Waals surface area contributed by atoms with Gasteiger partial charge in [-0.3, -0.25) is 19.3 Å². The highest BCUT2D eigenvalue weighted by Gasteiger charge is 2.43. The predicted octanol–water partition coefficient (Wildman–Crippen LogP) is 4.48. The number of nitriles is 1. The lowest BCUT2D eigenvalue weighted by molar-refractivity contribution is -0.142. The van der Waals surface area contributed by atoms with Crippen molar-refractivity contribution < 1.29 is 19.5 Å². The van der Waals surface area contributed by atoms with Crippen molar-refractivity contribution in [3.8, 4) is 6.07 Å². The fraction of sp³-hybridized carbons (Fsp3) is 0.571. The zero-order valence-corrected chi connectivity index (χ0v) is 41.7. The summed E-state index contributed by atoms with van der Waals surface area (Å²) in [7, 11) is 0. The minimum atomic E-state index is -0.873. The van der Waals surface area contributed by atoms with Gasteiger partial charge in [0.15, 0.2) is 0 Å². The molecule has 20 heteroatoms. The number of β-amino-alcohol motifs (C(OH)–C–C–N with tert-alkyl or cyclic N) is 1. The van der Waals surface area contributed by atoms with Gasteiger partial charge in [0.2, 0.25) is 17.7 Å². The molecule has 3 amide bonds. The molecule has 1 aromatic carbocycles. The van der Waals surface area contributed by atoms with Gasteiger partial charge in [-0.05, 0) is 80.7 Å². The second-order valence-electron chi connectivity index (χ2n) is 19.7. The fourth-order valence-corrected chi connectivity index (χ4v) is 11.1. The summed E-state index contributed by atoms with van der Waals surface area (Å²) in [6.07, 6.45) is 10.4. The van der Waals surface area contributed by atoms with Crippen LogP contribution >= 0.6 is 23.4 Å². The first-order chi connectivity index (χ1) is 33.2. The van der Waals surface area contributed by atoms with Crippen LogP contribution in [0.3, 0.4) is 0 Å². The van der Waals surface area contributed by atoms with Crippen molar-refractivity contribution in [3.63, 3.8) is 0 Å². The molecule has 4 atom stereocenters. The van der Waals surface area contributed by atoms with Crippen LogP contribution in [0.15, 0.2) is 65.0 Å². The first kappa shape index (κ1) is 50.0. The minimum absolute atomic E-state index is 0.0402. The lowest BCUT2D eigenvalue weighted by Crippen LogP contribution is -2.52. The van der Waals surface area contributed by atoms with Gasteiger partial charge in [0.25, 0.3) is 0 Å². The van der Waals surface area contributed by atoms with Crippen molar-refractivity contribution in [2.45, 2.75) is 100 Å². The van der Waals surface area contributed by atoms with Gasteiger partial charge in [0.1, 0.15) is 28.7 Å². The maximum atomic E-state index is 14.2. The molecule has 0 spiro atoms. The monoisotopic (exact) mass is 980 g/mol. The minimum Gasteiger partial charge on any atom is -0.391 e. The standard InChI is InChI=1S/C49H65ClN14O4S/c1-32(2)44(64-29-33(3)57-58-64)48(68)63-30-37(65)25-39(63)46(66)56-38(35-7-5-34(26-51)6-8-35)12-16-59-21-23-62(24-22-59)47(67)36-10-17-61(18-11-36)45-43(50)40(9-15-53-45)69-42-28-54-41(27-55-42)60-19-13-49(4,31-52)14-20-60/h5-9,15,27-29,32,36-39,44,65H,10-14,16-25,30-31,52H2,1-4H3,(H,56,66)/t37-,38+,39+,44+/m1/s1. The summed E-state index contributed by atoms with van der Waals surface area (Å²) >= 11 is 8.46. The van der Waals surface area contributed by atoms with Crippen LogP contribution in [0.4, 0.5) is 11.6 Å². The molecule has 4 fully saturated rings. The van der Waals surface area contributed by atoms with Gasteiger partial charge in [-0.25, -0.2) is 19.6 Å². The molecule has 7 heterocycles. The number of piperidine rings is 2. The van der Waals surface area contributed by atoms with Crippen molar-refractivity contribution >= 4 is 52.7 Å². The zero-order chi connectivity index (χ0) is 48.8. The molecule has 3 aromatic heterocycles. The molecule has 0 radical (unpaired) electrons. The third-order valence-corrected chi connectivity index (χ3v) is 15.9. The molecular formula is C49H65ClN14O4S. The number of aliphatic hydroxyl groups excluding tert-OH is 1. The second-order valence-corrected chi connectivity index (χ2v) is 21.1. The maximum absolute atomic E-state index is 14.2. The number of carbonyl (C=O) groups excluding carboxylic acids is 3. The van der Waals surface area contributed by atoms with Crippen molar-refractivity contribution in [1.82, 2.24) is 50.0 Å². The van der Waals surface area contributed by atoms with Gasteiger partial charge in [-0.15, -0.1) is 5.10 Å². The number of anilines is 2. The van der Waals surface area contributed by atoms with Crippen molar-refractivity contribution in [1.29, 1.82) is 5.26 Å². The molecule has 0 bridgehead atoms. The van der Waals surface area contributed by atoms with Crippen LogP contribution in [0.25, 0.3) is 0 Å². The molecule has 4 aliphatic heterocycles. The average molecular weight is 982 g/mol. The van der Waals surface area contributed by atoms with Gasteiger partial charge in [0, 0.05) is 95.1 Å². The molecule has 4 saturated heterocycles. The van der Waals surface area contributed by atoms with E-state index >= 15 is 0 Å². The van der Waals surface area contributed by atoms with E-state index in [-0.39, 0.29) is 47.9 Å². The molecule has 18 nitrogen and oxygen atoms in total. The molecule has 0 unspecified atom stereocenters. The second kappa shape index (κ2) is 22.1. The van der Waals surface area contributed by atoms with Gasteiger partial charge >= 0.3 is 0 Å². The number of rotatable bonds is 15. The van der Waals surface area contributed by atoms with E-state index in [0.717, 1.165) is 47.2 Å². The van der Waals surface area contributed by atoms with E-state index in [4.69, 9.17) is 27.3 Å². The number of benzene rings is 1. The first-order valence-corrected chi connectivity index (χ1v) is 25.4. The number of aromatic nitrogens is 6. The number of aliphatic hydroxyl groups is 1. The number of pyridine rings is 1. The highest BCUT2D eigenvalue weighted by Crippen LogP contribution is 2.39. The van der Waals surface area contributed by atoms with Gasteiger partial charge in [-0.1, -0.05) is 61.5 Å². The number of nitrogens with zero attached hydrogens (tertiary/aromatic N) is 12. The molecule has 8 rings (SSSR count). The Balaban J connectivity index is 0.824. The van der Waals surface area contributed by atoms with Gasteiger partial charge in [-0.2, -0.15) is 5.26 Å². The SMILES string of the molecule is Cc1cn([C@H](C(=O)N2C[C@H](O)C[C@H]2C(=O)N[C@@H](CCN2CCN(C(=O)C3CCN(c4nccc(Sc5cnc(N6CCC(C)(CN)CC6)cn5)c4Cl)CC3)CC2)c2ccc(C#N)cc2)C(C)C)nn1. The molecular weight excluding hydrogens is 916 g/mol. The van der Waals surface area contributed by atoms with Crippen molar-refractivity contribution in [2.24, 2.45) is 23.0 Å². The number of aryl methyl sites for hydroxylation is 1. The lowest BCUT2D eigenvalue weighted by atomic mass is 9.80. The number of carbonyl (C=O) groups is 3. The summed E-state index contributed by atoms with van der Waals surface area (Å²) in [6, 6.07) is 9.24. The summed E-state index contributed by atoms with van der Waals surface area (Å²) in [6.45, 7) is 15.0. The third kappa shape index (κ3) is 11.8. The van der Waals surface area contributed by atoms with E-state index in [9.17, 15) is 24.8 Å². The number of piperazine rings is 1. The zero-order valence-electron chi connectivity index (χ0n) is 40.1. The Morgan fingerprint density at radius 3 is 2.33 bits per heavy atom. The summed E-state index contributed by atoms with van der Waals surface area (Å²) in [5, 5.41) is 33.0. The highest BCUT2D eigenvalue weighted by atomic mass is 35.5. The molecule has 4 aromatic rings. The molecule has 4 aliphatic rings. The van der Waals surface area contributed by atoms with E-state index in [1.807, 2.05) is 43.1 Å². The number of nitrogens with one attached hydrogen (secondary N) is 1. The van der Waals surface area contributed by atoms with Crippen LogP contribution < -0.4 is 20.9 Å². The molecule has 0 saturated carbocycles. The maximum Gasteiger partial charge on any atom is 0.248 e. The average Bonchev–Trinajstić information content (AvgIpc) is 3.98. The largest absolute Gasteiger partial charge is 0.391 e. The van der Waals surface area contributed by atoms with Gasteiger partial charge < -0.3 is 35.8 Å². The predicted molar refractivity (Wildman–Crippen MR) is 263 cm³/mol. The quantitative estimate of drug-likeness (QED) is 0.150. The van der Waals surface area contributed by atoms with E-state index in [2.05, 4.69) is 48.3 Å². The third-order valence-electron chi connectivity index (χ3n) is 14.4. The smallest absolute Gasteiger partial charge is 0.248 e. The van der Waals surface area contributed by atoms with Crippen LogP contribution in [0.2, 0.25) is 5.02 Å². The normalized spacial score (nSPS) is 21.0. The Kier molecular flexibility index (Phi) is 16.0. The Hall–Kier alpha value is -5.39. The number of nitrogens with two attached hydrogens (primary N) is 1. The summed E-state index contributed by atoms with van der Waals surface area (Å²) < 4.78 is 1.54. The number of amides is 3. The Bertz CT molecular complexity index is 2450. The van der Waals surface area contributed by atoms with E-state index < -0.39 is 24.2 Å². The number of halogens is 1. The van der Waals surface area contributed by atoms with Crippen LogP contribution in [0, 0.1) is 35.5 Å². The highest BCUT2D eigenvalue weighted by molar-refractivity contribution is 7.99. The molecule has 0 aliphatic carbocycles. The summed E-state index contributed by atoms with van der Waals surface area (Å²) in [5.74, 6) is 0.887.